The van der Waals surface area contributed by atoms with Crippen LogP contribution in [0.5, 0.6) is 0 Å². The summed E-state index contributed by atoms with van der Waals surface area (Å²) in [6.45, 7) is 2.47. The number of hydrogen-bond donors (Lipinski definition) is 2. The summed E-state index contributed by atoms with van der Waals surface area (Å²) < 4.78 is 28.0. The van der Waals surface area contributed by atoms with E-state index in [2.05, 4.69) is 15.0 Å². The highest BCUT2D eigenvalue weighted by Crippen LogP contribution is 2.15. The molecule has 0 aromatic carbocycles. The summed E-state index contributed by atoms with van der Waals surface area (Å²) in [5.74, 6) is 0.545. The molecule has 1 aromatic rings. The normalized spacial score (nSPS) is 20.6. The van der Waals surface area contributed by atoms with Crippen molar-refractivity contribution >= 4 is 21.6 Å². The lowest BCUT2D eigenvalue weighted by molar-refractivity contribution is 0.358. The number of aromatic nitrogens is 2. The molecule has 1 aliphatic heterocycles. The molecule has 1 aliphatic rings. The number of aryl methyl sites for hydroxylation is 1. The van der Waals surface area contributed by atoms with E-state index in [-0.39, 0.29) is 10.3 Å². The zero-order valence-electron chi connectivity index (χ0n) is 10.9. The zero-order chi connectivity index (χ0) is 13.9. The molecule has 1 aromatic heterocycles. The Morgan fingerprint density at radius 2 is 2.42 bits per heavy atom. The molecule has 1 fully saturated rings. The smallest absolute Gasteiger partial charge is 0.259 e. The Labute approximate surface area is 118 Å². The molecule has 2 heterocycles. The van der Waals surface area contributed by atoms with Crippen LogP contribution in [0, 0.1) is 5.92 Å². The van der Waals surface area contributed by atoms with E-state index in [1.54, 1.807) is 7.05 Å². The van der Waals surface area contributed by atoms with Crippen molar-refractivity contribution in [1.29, 1.82) is 0 Å². The minimum Gasteiger partial charge on any atom is -0.323 e. The topological polar surface area (TPSA) is 76.0 Å². The van der Waals surface area contributed by atoms with Crippen molar-refractivity contribution in [2.75, 3.05) is 19.6 Å². The van der Waals surface area contributed by atoms with Crippen molar-refractivity contribution < 1.29 is 8.42 Å². The van der Waals surface area contributed by atoms with Gasteiger partial charge in [-0.05, 0) is 49.9 Å². The third kappa shape index (κ3) is 3.92. The van der Waals surface area contributed by atoms with Crippen LogP contribution < -0.4 is 10.0 Å². The van der Waals surface area contributed by atoms with E-state index in [1.807, 2.05) is 0 Å². The first-order chi connectivity index (χ1) is 8.99. The fourth-order valence-corrected chi connectivity index (χ4v) is 3.42. The lowest BCUT2D eigenvalue weighted by Crippen LogP contribution is -2.33. The van der Waals surface area contributed by atoms with E-state index in [0.29, 0.717) is 12.5 Å². The van der Waals surface area contributed by atoms with Crippen LogP contribution in [0.25, 0.3) is 0 Å². The highest BCUT2D eigenvalue weighted by Gasteiger charge is 2.19. The Kier molecular flexibility index (Phi) is 4.83. The standard InChI is InChI=1S/C11H19ClN4O2S/c1-16-8-10(15-11(16)12)19(17,18)14-6-4-9-3-2-5-13-7-9/h8-9,13-14H,2-7H2,1H3/t9-/m1/s1. The molecule has 0 bridgehead atoms. The summed E-state index contributed by atoms with van der Waals surface area (Å²) in [7, 11) is -1.89. The van der Waals surface area contributed by atoms with Gasteiger partial charge in [0.1, 0.15) is 0 Å². The summed E-state index contributed by atoms with van der Waals surface area (Å²) in [6.07, 6.45) is 4.57. The van der Waals surface area contributed by atoms with Crippen LogP contribution >= 0.6 is 11.6 Å². The molecule has 2 rings (SSSR count). The number of nitrogens with one attached hydrogen (secondary N) is 2. The second-order valence-electron chi connectivity index (χ2n) is 4.86. The quantitative estimate of drug-likeness (QED) is 0.841. The van der Waals surface area contributed by atoms with Gasteiger partial charge in [0.25, 0.3) is 10.0 Å². The van der Waals surface area contributed by atoms with Crippen molar-refractivity contribution in [1.82, 2.24) is 19.6 Å². The first-order valence-corrected chi connectivity index (χ1v) is 8.24. The molecule has 0 saturated carbocycles. The molecular weight excluding hydrogens is 288 g/mol. The number of imidazole rings is 1. The molecule has 8 heteroatoms. The monoisotopic (exact) mass is 306 g/mol. The Bertz CT molecular complexity index is 503. The van der Waals surface area contributed by atoms with E-state index < -0.39 is 10.0 Å². The van der Waals surface area contributed by atoms with Gasteiger partial charge in [-0.2, -0.15) is 0 Å². The Hall–Kier alpha value is -0.630. The minimum atomic E-state index is -3.55. The SMILES string of the molecule is Cn1cc(S(=O)(=O)NCC[C@H]2CCCNC2)nc1Cl. The maximum Gasteiger partial charge on any atom is 0.259 e. The molecule has 0 amide bonds. The highest BCUT2D eigenvalue weighted by molar-refractivity contribution is 7.89. The maximum atomic E-state index is 12.0. The van der Waals surface area contributed by atoms with Crippen molar-refractivity contribution in [2.45, 2.75) is 24.3 Å². The molecule has 2 N–H and O–H groups in total. The van der Waals surface area contributed by atoms with Gasteiger partial charge in [-0.15, -0.1) is 0 Å². The zero-order valence-corrected chi connectivity index (χ0v) is 12.5. The van der Waals surface area contributed by atoms with E-state index in [4.69, 9.17) is 11.6 Å². The van der Waals surface area contributed by atoms with Crippen LogP contribution in [-0.2, 0) is 17.1 Å². The predicted octanol–water partition coefficient (Wildman–Crippen LogP) is 0.741. The average molecular weight is 307 g/mol. The summed E-state index contributed by atoms with van der Waals surface area (Å²) >= 11 is 5.74. The van der Waals surface area contributed by atoms with E-state index >= 15 is 0 Å². The average Bonchev–Trinajstić information content (AvgIpc) is 2.72. The van der Waals surface area contributed by atoms with Gasteiger partial charge in [-0.25, -0.2) is 18.1 Å². The number of piperidine rings is 1. The molecule has 0 spiro atoms. The Morgan fingerprint density at radius 3 is 3.00 bits per heavy atom. The highest BCUT2D eigenvalue weighted by atomic mass is 35.5. The number of halogens is 1. The number of rotatable bonds is 5. The van der Waals surface area contributed by atoms with Gasteiger partial charge in [-0.3, -0.25) is 0 Å². The molecule has 108 valence electrons. The van der Waals surface area contributed by atoms with Crippen LogP contribution in [0.2, 0.25) is 5.28 Å². The van der Waals surface area contributed by atoms with E-state index in [9.17, 15) is 8.42 Å². The molecule has 6 nitrogen and oxygen atoms in total. The lowest BCUT2D eigenvalue weighted by Gasteiger charge is -2.22. The van der Waals surface area contributed by atoms with Crippen LogP contribution in [0.1, 0.15) is 19.3 Å². The third-order valence-corrected chi connectivity index (χ3v) is 5.00. The van der Waals surface area contributed by atoms with Crippen LogP contribution in [0.15, 0.2) is 11.2 Å². The van der Waals surface area contributed by atoms with Crippen molar-refractivity contribution in [3.8, 4) is 0 Å². The first-order valence-electron chi connectivity index (χ1n) is 6.38. The fourth-order valence-electron chi connectivity index (χ4n) is 2.19. The summed E-state index contributed by atoms with van der Waals surface area (Å²) in [5, 5.41) is 3.45. The minimum absolute atomic E-state index is 0.0261. The van der Waals surface area contributed by atoms with Crippen molar-refractivity contribution in [3.63, 3.8) is 0 Å². The summed E-state index contributed by atoms with van der Waals surface area (Å²) in [5.41, 5.74) is 0. The van der Waals surface area contributed by atoms with E-state index in [1.165, 1.54) is 10.8 Å². The molecular formula is C11H19ClN4O2S. The third-order valence-electron chi connectivity index (χ3n) is 3.32. The summed E-state index contributed by atoms with van der Waals surface area (Å²) in [4.78, 5) is 3.81. The maximum absolute atomic E-state index is 12.0. The summed E-state index contributed by atoms with van der Waals surface area (Å²) in [6, 6.07) is 0. The molecule has 0 unspecified atom stereocenters. The number of sulfonamides is 1. The molecule has 19 heavy (non-hydrogen) atoms. The van der Waals surface area contributed by atoms with Gasteiger partial charge >= 0.3 is 0 Å². The molecule has 1 saturated heterocycles. The molecule has 0 radical (unpaired) electrons. The first kappa shape index (κ1) is 14.8. The molecule has 0 aliphatic carbocycles. The van der Waals surface area contributed by atoms with Gasteiger partial charge in [0.05, 0.1) is 0 Å². The fraction of sp³-hybridized carbons (Fsp3) is 0.727. The van der Waals surface area contributed by atoms with Crippen molar-refractivity contribution in [3.05, 3.63) is 11.5 Å². The van der Waals surface area contributed by atoms with Crippen molar-refractivity contribution in [2.24, 2.45) is 13.0 Å². The van der Waals surface area contributed by atoms with Crippen LogP contribution in [0.4, 0.5) is 0 Å². The second kappa shape index (κ2) is 6.21. The van der Waals surface area contributed by atoms with Gasteiger partial charge in [0.2, 0.25) is 5.28 Å². The van der Waals surface area contributed by atoms with Gasteiger partial charge < -0.3 is 9.88 Å². The van der Waals surface area contributed by atoms with Crippen LogP contribution in [0.3, 0.4) is 0 Å². The van der Waals surface area contributed by atoms with Crippen LogP contribution in [-0.4, -0.2) is 37.6 Å². The predicted molar refractivity (Wildman–Crippen MR) is 73.6 cm³/mol. The second-order valence-corrected chi connectivity index (χ2v) is 6.91. The number of nitrogens with zero attached hydrogens (tertiary/aromatic N) is 2. The van der Waals surface area contributed by atoms with E-state index in [0.717, 1.165) is 32.4 Å². The largest absolute Gasteiger partial charge is 0.323 e. The Morgan fingerprint density at radius 1 is 1.63 bits per heavy atom. The lowest BCUT2D eigenvalue weighted by atomic mass is 9.96. The van der Waals surface area contributed by atoms with Gasteiger partial charge in [0, 0.05) is 19.8 Å². The molecule has 1 atom stereocenters. The van der Waals surface area contributed by atoms with Gasteiger partial charge in [0.15, 0.2) is 5.03 Å². The number of hydrogen-bond acceptors (Lipinski definition) is 4. The Balaban J connectivity index is 1.87. The van der Waals surface area contributed by atoms with Gasteiger partial charge in [-0.1, -0.05) is 0 Å².